The van der Waals surface area contributed by atoms with Crippen molar-refractivity contribution in [1.29, 1.82) is 0 Å². The van der Waals surface area contributed by atoms with E-state index in [1.807, 2.05) is 0 Å². The van der Waals surface area contributed by atoms with Crippen molar-refractivity contribution in [2.75, 3.05) is 0 Å². The topological polar surface area (TPSA) is 92.6 Å². The molecule has 5 nitrogen and oxygen atoms in total. The fourth-order valence-electron chi connectivity index (χ4n) is 0.506. The number of amides is 2. The van der Waals surface area contributed by atoms with E-state index in [2.05, 4.69) is 0 Å². The van der Waals surface area contributed by atoms with Crippen LogP contribution in [0.3, 0.4) is 0 Å². The molecule has 5 heteroatoms. The van der Waals surface area contributed by atoms with Crippen LogP contribution in [-0.2, 0) is 0 Å². The molecule has 1 unspecified atom stereocenters. The predicted octanol–water partition coefficient (Wildman–Crippen LogP) is -0.118. The maximum atomic E-state index is 10.4. The number of nitrogens with zero attached hydrogens (tertiary/aromatic N) is 1. The molecule has 0 aromatic heterocycles. The lowest BCUT2D eigenvalue weighted by atomic mass is 9.98. The summed E-state index contributed by atoms with van der Waals surface area (Å²) in [5.74, 6) is 0. The maximum absolute atomic E-state index is 10.4. The summed E-state index contributed by atoms with van der Waals surface area (Å²) in [6.45, 7) is 5.01. The number of carbonyl (C=O) groups is 1. The Hall–Kier alpha value is -0.810. The van der Waals surface area contributed by atoms with Crippen LogP contribution in [0, 0.1) is 0 Å². The molecule has 0 saturated carbocycles. The first-order valence-electron chi connectivity index (χ1n) is 3.33. The molecule has 66 valence electrons. The average Bonchev–Trinajstić information content (AvgIpc) is 1.82. The largest absolute Gasteiger partial charge is 0.350 e. The van der Waals surface area contributed by atoms with Crippen molar-refractivity contribution in [2.24, 2.45) is 11.5 Å². The van der Waals surface area contributed by atoms with Gasteiger partial charge in [-0.1, -0.05) is 0 Å². The summed E-state index contributed by atoms with van der Waals surface area (Å²) in [4.78, 5) is 10.4. The summed E-state index contributed by atoms with van der Waals surface area (Å²) in [6, 6.07) is -1.39. The summed E-state index contributed by atoms with van der Waals surface area (Å²) < 4.78 is 0. The Morgan fingerprint density at radius 3 is 2.09 bits per heavy atom. The third-order valence-electron chi connectivity index (χ3n) is 1.67. The molecule has 0 aliphatic heterocycles. The molecule has 1 atom stereocenters. The highest BCUT2D eigenvalue weighted by atomic mass is 16.5. The van der Waals surface area contributed by atoms with Gasteiger partial charge in [0.1, 0.15) is 0 Å². The van der Waals surface area contributed by atoms with Crippen molar-refractivity contribution < 1.29 is 10.0 Å². The highest BCUT2D eigenvalue weighted by Gasteiger charge is 2.27. The molecule has 0 spiro atoms. The van der Waals surface area contributed by atoms with Gasteiger partial charge >= 0.3 is 6.03 Å². The number of hydrogen-bond donors (Lipinski definition) is 3. The highest BCUT2D eigenvalue weighted by Crippen LogP contribution is 2.09. The molecular weight excluding hydrogens is 146 g/mol. The standard InChI is InChI=1S/C6H15N3O2/c1-4(6(2,3)8)9(11)5(7)10/h4,11H,8H2,1-3H3,(H2,7,10). The van der Waals surface area contributed by atoms with Crippen LogP contribution in [0.5, 0.6) is 0 Å². The molecule has 0 saturated heterocycles. The lowest BCUT2D eigenvalue weighted by Crippen LogP contribution is -2.55. The van der Waals surface area contributed by atoms with Crippen molar-refractivity contribution >= 4 is 6.03 Å². The molecule has 5 N–H and O–H groups in total. The van der Waals surface area contributed by atoms with Crippen LogP contribution in [0.15, 0.2) is 0 Å². The van der Waals surface area contributed by atoms with Gasteiger partial charge in [-0.25, -0.2) is 9.86 Å². The van der Waals surface area contributed by atoms with Crippen LogP contribution in [-0.4, -0.2) is 27.9 Å². The second-order valence-electron chi connectivity index (χ2n) is 3.18. The van der Waals surface area contributed by atoms with Crippen LogP contribution in [0.25, 0.3) is 0 Å². The molecule has 0 heterocycles. The molecule has 0 rings (SSSR count). The fourth-order valence-corrected chi connectivity index (χ4v) is 0.506. The normalized spacial score (nSPS) is 14.3. The average molecular weight is 161 g/mol. The van der Waals surface area contributed by atoms with Gasteiger partial charge in [-0.15, -0.1) is 0 Å². The number of rotatable bonds is 2. The quantitative estimate of drug-likeness (QED) is 0.389. The van der Waals surface area contributed by atoms with E-state index in [4.69, 9.17) is 16.7 Å². The first-order valence-corrected chi connectivity index (χ1v) is 3.33. The predicted molar refractivity (Wildman–Crippen MR) is 40.9 cm³/mol. The number of primary amides is 1. The Labute approximate surface area is 65.9 Å². The Balaban J connectivity index is 4.25. The van der Waals surface area contributed by atoms with Crippen LogP contribution < -0.4 is 11.5 Å². The molecule has 0 bridgehead atoms. The molecule has 11 heavy (non-hydrogen) atoms. The van der Waals surface area contributed by atoms with Gasteiger partial charge < -0.3 is 11.5 Å². The summed E-state index contributed by atoms with van der Waals surface area (Å²) in [5.41, 5.74) is 9.76. The minimum absolute atomic E-state index is 0.431. The van der Waals surface area contributed by atoms with Crippen molar-refractivity contribution in [1.82, 2.24) is 5.06 Å². The van der Waals surface area contributed by atoms with Gasteiger partial charge in [0.05, 0.1) is 6.04 Å². The minimum Gasteiger partial charge on any atom is -0.350 e. The smallest absolute Gasteiger partial charge is 0.338 e. The highest BCUT2D eigenvalue weighted by molar-refractivity contribution is 5.71. The molecule has 0 aromatic carbocycles. The first-order chi connectivity index (χ1) is 4.76. The first kappa shape index (κ1) is 10.2. The van der Waals surface area contributed by atoms with Gasteiger partial charge in [0, 0.05) is 5.54 Å². The van der Waals surface area contributed by atoms with E-state index in [0.717, 1.165) is 0 Å². The monoisotopic (exact) mass is 161 g/mol. The lowest BCUT2D eigenvalue weighted by molar-refractivity contribution is -0.0861. The second-order valence-corrected chi connectivity index (χ2v) is 3.18. The van der Waals surface area contributed by atoms with E-state index in [-0.39, 0.29) is 0 Å². The van der Waals surface area contributed by atoms with Gasteiger partial charge in [0.2, 0.25) is 0 Å². The van der Waals surface area contributed by atoms with Crippen molar-refractivity contribution in [3.8, 4) is 0 Å². The molecular formula is C6H15N3O2. The molecule has 0 aliphatic rings. The maximum Gasteiger partial charge on any atom is 0.338 e. The van der Waals surface area contributed by atoms with Crippen molar-refractivity contribution in [3.63, 3.8) is 0 Å². The van der Waals surface area contributed by atoms with E-state index in [9.17, 15) is 4.79 Å². The van der Waals surface area contributed by atoms with Crippen molar-refractivity contribution in [3.05, 3.63) is 0 Å². The van der Waals surface area contributed by atoms with E-state index < -0.39 is 17.6 Å². The van der Waals surface area contributed by atoms with E-state index in [1.54, 1.807) is 20.8 Å². The minimum atomic E-state index is -0.893. The summed E-state index contributed by atoms with van der Waals surface area (Å²) >= 11 is 0. The van der Waals surface area contributed by atoms with Crippen LogP contribution in [0.1, 0.15) is 20.8 Å². The summed E-state index contributed by atoms with van der Waals surface area (Å²) in [7, 11) is 0. The molecule has 0 radical (unpaired) electrons. The van der Waals surface area contributed by atoms with E-state index >= 15 is 0 Å². The lowest BCUT2D eigenvalue weighted by Gasteiger charge is -2.31. The second kappa shape index (κ2) is 3.06. The number of hydroxylamine groups is 2. The molecule has 0 aromatic rings. The number of urea groups is 1. The summed E-state index contributed by atoms with van der Waals surface area (Å²) in [6.07, 6.45) is 0. The Bertz CT molecular complexity index is 152. The zero-order chi connectivity index (χ0) is 9.23. The van der Waals surface area contributed by atoms with Crippen LogP contribution in [0.4, 0.5) is 4.79 Å². The molecule has 2 amide bonds. The van der Waals surface area contributed by atoms with E-state index in [1.165, 1.54) is 0 Å². The van der Waals surface area contributed by atoms with Gasteiger partial charge in [-0.05, 0) is 20.8 Å². The molecule has 0 fully saturated rings. The molecule has 0 aliphatic carbocycles. The number of nitrogens with two attached hydrogens (primary N) is 2. The zero-order valence-electron chi connectivity index (χ0n) is 7.03. The third kappa shape index (κ3) is 2.73. The Morgan fingerprint density at radius 1 is 1.64 bits per heavy atom. The van der Waals surface area contributed by atoms with Crippen molar-refractivity contribution in [2.45, 2.75) is 32.4 Å². The number of carbonyl (C=O) groups excluding carboxylic acids is 1. The third-order valence-corrected chi connectivity index (χ3v) is 1.67. The zero-order valence-corrected chi connectivity index (χ0v) is 7.03. The Kier molecular flexibility index (Phi) is 2.84. The number of hydrogen-bond acceptors (Lipinski definition) is 3. The SMILES string of the molecule is CC(N(O)C(N)=O)C(C)(C)N. The van der Waals surface area contributed by atoms with Gasteiger partial charge in [-0.2, -0.15) is 0 Å². The van der Waals surface area contributed by atoms with Gasteiger partial charge in [0.15, 0.2) is 0 Å². The van der Waals surface area contributed by atoms with E-state index in [0.29, 0.717) is 5.06 Å². The van der Waals surface area contributed by atoms with Gasteiger partial charge in [-0.3, -0.25) is 5.21 Å². The van der Waals surface area contributed by atoms with Crippen LogP contribution >= 0.6 is 0 Å². The fraction of sp³-hybridized carbons (Fsp3) is 0.833. The van der Waals surface area contributed by atoms with Gasteiger partial charge in [0.25, 0.3) is 0 Å². The Morgan fingerprint density at radius 2 is 2.00 bits per heavy atom. The van der Waals surface area contributed by atoms with Crippen LogP contribution in [0.2, 0.25) is 0 Å². The summed E-state index contributed by atoms with van der Waals surface area (Å²) in [5, 5.41) is 9.44.